The van der Waals surface area contributed by atoms with Gasteiger partial charge in [-0.15, -0.1) is 0 Å². The number of anilines is 1. The molecule has 0 aliphatic heterocycles. The molecule has 35 heavy (non-hydrogen) atoms. The number of carbonyl (C=O) groups excluding carboxylic acids is 1. The fourth-order valence-corrected chi connectivity index (χ4v) is 4.27. The van der Waals surface area contributed by atoms with Gasteiger partial charge in [0.2, 0.25) is 11.7 Å². The summed E-state index contributed by atoms with van der Waals surface area (Å²) in [6, 6.07) is 12.0. The van der Waals surface area contributed by atoms with Gasteiger partial charge in [-0.3, -0.25) is 4.79 Å². The number of H-pyrrole nitrogens is 1. The van der Waals surface area contributed by atoms with Crippen LogP contribution in [0.5, 0.6) is 23.0 Å². The lowest BCUT2D eigenvalue weighted by Gasteiger charge is -2.22. The molecule has 0 aliphatic carbocycles. The number of fused-ring (bicyclic) bond motifs is 1. The van der Waals surface area contributed by atoms with Crippen LogP contribution in [0, 0.1) is 6.92 Å². The van der Waals surface area contributed by atoms with Crippen LogP contribution in [0.25, 0.3) is 10.9 Å². The first-order valence-electron chi connectivity index (χ1n) is 10.9. The van der Waals surface area contributed by atoms with E-state index in [2.05, 4.69) is 10.3 Å². The number of hydrogen-bond acceptors (Lipinski definition) is 7. The normalized spacial score (nSPS) is 11.8. The standard InChI is InChI=1S/C26H26N2O7/c1-14-12-20(29)23(26(31)35-14)17(15-8-9-21(32-2)25(34-4)24(15)33-3)13-22(30)28-19-7-5-6-18-16(19)10-11-27-18/h5-12,17,27,29H,13H2,1-4H3,(H,28,30). The molecule has 1 unspecified atom stereocenters. The highest BCUT2D eigenvalue weighted by atomic mass is 16.5. The van der Waals surface area contributed by atoms with E-state index in [1.165, 1.54) is 27.4 Å². The lowest BCUT2D eigenvalue weighted by atomic mass is 9.87. The fourth-order valence-electron chi connectivity index (χ4n) is 4.27. The molecule has 2 aromatic heterocycles. The predicted octanol–water partition coefficient (Wildman–Crippen LogP) is 4.32. The largest absolute Gasteiger partial charge is 0.507 e. The van der Waals surface area contributed by atoms with E-state index in [1.54, 1.807) is 31.3 Å². The van der Waals surface area contributed by atoms with Gasteiger partial charge in [0.15, 0.2) is 11.5 Å². The lowest BCUT2D eigenvalue weighted by molar-refractivity contribution is -0.116. The smallest absolute Gasteiger partial charge is 0.343 e. The van der Waals surface area contributed by atoms with Crippen LogP contribution >= 0.6 is 0 Å². The monoisotopic (exact) mass is 478 g/mol. The molecule has 9 nitrogen and oxygen atoms in total. The molecule has 4 aromatic rings. The summed E-state index contributed by atoms with van der Waals surface area (Å²) >= 11 is 0. The molecular formula is C26H26N2O7. The summed E-state index contributed by atoms with van der Waals surface area (Å²) in [6.45, 7) is 1.56. The van der Waals surface area contributed by atoms with E-state index in [0.29, 0.717) is 22.7 Å². The van der Waals surface area contributed by atoms with Gasteiger partial charge in [0.25, 0.3) is 0 Å². The van der Waals surface area contributed by atoms with Crippen LogP contribution in [0.1, 0.15) is 29.2 Å². The first-order chi connectivity index (χ1) is 16.9. The van der Waals surface area contributed by atoms with Crippen molar-refractivity contribution in [3.8, 4) is 23.0 Å². The van der Waals surface area contributed by atoms with Crippen molar-refractivity contribution in [2.75, 3.05) is 26.6 Å². The first-order valence-corrected chi connectivity index (χ1v) is 10.9. The van der Waals surface area contributed by atoms with Gasteiger partial charge >= 0.3 is 5.63 Å². The molecule has 0 radical (unpaired) electrons. The third kappa shape index (κ3) is 4.52. The SMILES string of the molecule is COc1ccc(C(CC(=O)Nc2cccc3[nH]ccc23)c2c(O)cc(C)oc2=O)c(OC)c1OC. The van der Waals surface area contributed by atoms with Crippen molar-refractivity contribution < 1.29 is 28.5 Å². The fraction of sp³-hybridized carbons (Fsp3) is 0.231. The molecule has 0 saturated heterocycles. The van der Waals surface area contributed by atoms with Crippen LogP contribution < -0.4 is 25.2 Å². The number of amides is 1. The number of rotatable bonds is 8. The quantitative estimate of drug-likeness (QED) is 0.345. The maximum absolute atomic E-state index is 13.3. The molecular weight excluding hydrogens is 452 g/mol. The Balaban J connectivity index is 1.81. The van der Waals surface area contributed by atoms with E-state index >= 15 is 0 Å². The van der Waals surface area contributed by atoms with Crippen molar-refractivity contribution in [2.45, 2.75) is 19.3 Å². The molecule has 1 amide bonds. The van der Waals surface area contributed by atoms with Crippen LogP contribution in [0.2, 0.25) is 0 Å². The van der Waals surface area contributed by atoms with Gasteiger partial charge in [-0.05, 0) is 31.2 Å². The zero-order chi connectivity index (χ0) is 25.1. The molecule has 0 spiro atoms. The van der Waals surface area contributed by atoms with Gasteiger partial charge in [-0.25, -0.2) is 4.79 Å². The number of aromatic amines is 1. The molecule has 0 aliphatic rings. The second-order valence-corrected chi connectivity index (χ2v) is 7.92. The van der Waals surface area contributed by atoms with E-state index in [4.69, 9.17) is 18.6 Å². The number of nitrogens with one attached hydrogen (secondary N) is 2. The van der Waals surface area contributed by atoms with Gasteiger partial charge in [-0.1, -0.05) is 12.1 Å². The van der Waals surface area contributed by atoms with Crippen molar-refractivity contribution in [1.29, 1.82) is 0 Å². The molecule has 0 bridgehead atoms. The van der Waals surface area contributed by atoms with Crippen molar-refractivity contribution >= 4 is 22.5 Å². The van der Waals surface area contributed by atoms with Gasteiger partial charge in [0, 0.05) is 41.1 Å². The van der Waals surface area contributed by atoms with E-state index in [1.807, 2.05) is 18.2 Å². The Morgan fingerprint density at radius 2 is 1.86 bits per heavy atom. The molecule has 3 N–H and O–H groups in total. The minimum Gasteiger partial charge on any atom is -0.507 e. The molecule has 2 aromatic carbocycles. The highest BCUT2D eigenvalue weighted by molar-refractivity contribution is 6.01. The highest BCUT2D eigenvalue weighted by Crippen LogP contribution is 2.46. The molecule has 9 heteroatoms. The van der Waals surface area contributed by atoms with Gasteiger partial charge in [0.1, 0.15) is 11.5 Å². The molecule has 0 fully saturated rings. The maximum Gasteiger partial charge on any atom is 0.343 e. The second-order valence-electron chi connectivity index (χ2n) is 7.92. The first kappa shape index (κ1) is 23.7. The number of aryl methyl sites for hydroxylation is 1. The summed E-state index contributed by atoms with van der Waals surface area (Å²) in [4.78, 5) is 29.2. The van der Waals surface area contributed by atoms with Gasteiger partial charge in [0.05, 0.1) is 32.6 Å². The molecule has 4 rings (SSSR count). The van der Waals surface area contributed by atoms with Crippen LogP contribution in [0.4, 0.5) is 5.69 Å². The highest BCUT2D eigenvalue weighted by Gasteiger charge is 2.30. The number of aromatic nitrogens is 1. The average molecular weight is 479 g/mol. The van der Waals surface area contributed by atoms with Crippen molar-refractivity contribution in [3.63, 3.8) is 0 Å². The van der Waals surface area contributed by atoms with Crippen molar-refractivity contribution in [3.05, 3.63) is 76.0 Å². The van der Waals surface area contributed by atoms with E-state index < -0.39 is 11.5 Å². The summed E-state index contributed by atoms with van der Waals surface area (Å²) in [5.74, 6) is -0.329. The second kappa shape index (κ2) is 9.84. The predicted molar refractivity (Wildman–Crippen MR) is 131 cm³/mol. The number of methoxy groups -OCH3 is 3. The zero-order valence-corrected chi connectivity index (χ0v) is 19.8. The van der Waals surface area contributed by atoms with Crippen molar-refractivity contribution in [1.82, 2.24) is 4.98 Å². The maximum atomic E-state index is 13.3. The number of ether oxygens (including phenoxy) is 3. The Hall–Kier alpha value is -4.40. The van der Waals surface area contributed by atoms with E-state index in [-0.39, 0.29) is 35.2 Å². The Labute approximate surface area is 201 Å². The van der Waals surface area contributed by atoms with Crippen molar-refractivity contribution in [2.24, 2.45) is 0 Å². The lowest BCUT2D eigenvalue weighted by Crippen LogP contribution is -2.21. The zero-order valence-electron chi connectivity index (χ0n) is 19.8. The third-order valence-corrected chi connectivity index (χ3v) is 5.81. The minimum absolute atomic E-state index is 0.0591. The Morgan fingerprint density at radius 3 is 2.54 bits per heavy atom. The van der Waals surface area contributed by atoms with Crippen LogP contribution in [0.3, 0.4) is 0 Å². The van der Waals surface area contributed by atoms with Gasteiger partial charge < -0.3 is 34.0 Å². The number of carbonyl (C=O) groups is 1. The summed E-state index contributed by atoms with van der Waals surface area (Å²) in [6.07, 6.45) is 1.60. The Bertz CT molecular complexity index is 1440. The van der Waals surface area contributed by atoms with E-state index in [0.717, 1.165) is 10.9 Å². The summed E-state index contributed by atoms with van der Waals surface area (Å²) in [7, 11) is 4.40. The number of hydrogen-bond donors (Lipinski definition) is 3. The topological polar surface area (TPSA) is 123 Å². The van der Waals surface area contributed by atoms with Gasteiger partial charge in [-0.2, -0.15) is 0 Å². The molecule has 0 saturated carbocycles. The van der Waals surface area contributed by atoms with E-state index in [9.17, 15) is 14.7 Å². The molecule has 182 valence electrons. The Morgan fingerprint density at radius 1 is 1.09 bits per heavy atom. The van der Waals surface area contributed by atoms with Crippen LogP contribution in [0.15, 0.2) is 57.9 Å². The number of aromatic hydroxyl groups is 1. The van der Waals surface area contributed by atoms with Crippen LogP contribution in [-0.2, 0) is 4.79 Å². The third-order valence-electron chi connectivity index (χ3n) is 5.81. The molecule has 2 heterocycles. The summed E-state index contributed by atoms with van der Waals surface area (Å²) < 4.78 is 21.7. The summed E-state index contributed by atoms with van der Waals surface area (Å²) in [5, 5.41) is 14.5. The average Bonchev–Trinajstić information content (AvgIpc) is 3.31. The summed E-state index contributed by atoms with van der Waals surface area (Å²) in [5.41, 5.74) is 1.14. The Kier molecular flexibility index (Phi) is 6.68. The van der Waals surface area contributed by atoms with Crippen LogP contribution in [-0.4, -0.2) is 37.3 Å². The minimum atomic E-state index is -0.910. The number of benzene rings is 2. The molecule has 1 atom stereocenters.